The minimum Gasteiger partial charge on any atom is -0.355 e. The molecule has 0 aliphatic rings. The molecule has 6 aromatic rings. The molecule has 0 aliphatic heterocycles. The van der Waals surface area contributed by atoms with E-state index in [1.54, 1.807) is 18.4 Å². The Balaban J connectivity index is 1.51. The summed E-state index contributed by atoms with van der Waals surface area (Å²) in [6.07, 6.45) is 0. The Hall–Kier alpha value is -4.00. The van der Waals surface area contributed by atoms with Gasteiger partial charge in [-0.25, -0.2) is 9.97 Å². The van der Waals surface area contributed by atoms with Gasteiger partial charge in [0.05, 0.1) is 22.8 Å². The number of nitrogens with zero attached hydrogens (tertiary/aromatic N) is 3. The molecule has 7 heteroatoms. The molecule has 0 bridgehead atoms. The first-order chi connectivity index (χ1) is 18.0. The van der Waals surface area contributed by atoms with Crippen LogP contribution in [0, 0.1) is 0 Å². The molecule has 0 spiro atoms. The van der Waals surface area contributed by atoms with Crippen molar-refractivity contribution in [3.05, 3.63) is 106 Å². The van der Waals surface area contributed by atoms with Crippen molar-refractivity contribution in [3.63, 3.8) is 0 Å². The largest absolute Gasteiger partial charge is 0.355 e. The summed E-state index contributed by atoms with van der Waals surface area (Å²) in [7, 11) is 1.63. The first-order valence-corrected chi connectivity index (χ1v) is 13.2. The first kappa shape index (κ1) is 23.4. The van der Waals surface area contributed by atoms with E-state index in [1.165, 1.54) is 16.3 Å². The Morgan fingerprint density at radius 2 is 1.73 bits per heavy atom. The minimum atomic E-state index is -0.139. The third-order valence-corrected chi connectivity index (χ3v) is 7.75. The minimum absolute atomic E-state index is 0.0154. The summed E-state index contributed by atoms with van der Waals surface area (Å²) in [4.78, 5) is 22.3. The van der Waals surface area contributed by atoms with Gasteiger partial charge in [-0.05, 0) is 59.7 Å². The van der Waals surface area contributed by atoms with E-state index in [4.69, 9.17) is 21.6 Å². The van der Waals surface area contributed by atoms with E-state index in [0.29, 0.717) is 10.6 Å². The molecule has 37 heavy (non-hydrogen) atoms. The number of aromatic nitrogens is 3. The van der Waals surface area contributed by atoms with E-state index in [2.05, 4.69) is 59.3 Å². The summed E-state index contributed by atoms with van der Waals surface area (Å²) in [5.41, 5.74) is 5.33. The SMILES string of the molecule is CNC(=O)c1ccc2c(c1)nc(-c1nc(-c3ccc(Cl)cc3)cs1)n2[C@H](C)c1ccc2ccccc2c1. The van der Waals surface area contributed by atoms with E-state index in [1.807, 2.05) is 47.8 Å². The summed E-state index contributed by atoms with van der Waals surface area (Å²) in [6.45, 7) is 2.18. The Morgan fingerprint density at radius 1 is 0.946 bits per heavy atom. The molecular weight excluding hydrogens is 500 g/mol. The third kappa shape index (κ3) is 4.28. The molecule has 1 N–H and O–H groups in total. The number of rotatable bonds is 5. The predicted octanol–water partition coefficient (Wildman–Crippen LogP) is 7.60. The van der Waals surface area contributed by atoms with Crippen molar-refractivity contribution in [1.29, 1.82) is 0 Å². The number of carbonyl (C=O) groups excluding carboxylic acids is 1. The monoisotopic (exact) mass is 522 g/mol. The Bertz CT molecular complexity index is 1770. The number of halogens is 1. The van der Waals surface area contributed by atoms with E-state index >= 15 is 0 Å². The molecule has 2 aromatic heterocycles. The third-order valence-electron chi connectivity index (χ3n) is 6.66. The van der Waals surface area contributed by atoms with Crippen molar-refractivity contribution >= 4 is 50.7 Å². The fourth-order valence-corrected chi connectivity index (χ4v) is 5.61. The quantitative estimate of drug-likeness (QED) is 0.253. The van der Waals surface area contributed by atoms with Crippen LogP contribution in [-0.2, 0) is 0 Å². The van der Waals surface area contributed by atoms with Gasteiger partial charge in [-0.15, -0.1) is 11.3 Å². The maximum atomic E-state index is 12.3. The van der Waals surface area contributed by atoms with Crippen molar-refractivity contribution in [3.8, 4) is 22.1 Å². The van der Waals surface area contributed by atoms with Crippen molar-refractivity contribution in [2.45, 2.75) is 13.0 Å². The molecule has 0 unspecified atom stereocenters. The number of amides is 1. The highest BCUT2D eigenvalue weighted by Crippen LogP contribution is 2.36. The maximum absolute atomic E-state index is 12.3. The number of fused-ring (bicyclic) bond motifs is 2. The molecular formula is C30H23ClN4OS. The van der Waals surface area contributed by atoms with Gasteiger partial charge in [0.2, 0.25) is 0 Å². The van der Waals surface area contributed by atoms with Crippen LogP contribution in [0.5, 0.6) is 0 Å². The lowest BCUT2D eigenvalue weighted by molar-refractivity contribution is 0.0963. The van der Waals surface area contributed by atoms with Crippen molar-refractivity contribution in [1.82, 2.24) is 19.9 Å². The topological polar surface area (TPSA) is 59.8 Å². The first-order valence-electron chi connectivity index (χ1n) is 12.0. The van der Waals surface area contributed by atoms with Gasteiger partial charge in [-0.3, -0.25) is 4.79 Å². The van der Waals surface area contributed by atoms with Gasteiger partial charge in [-0.2, -0.15) is 0 Å². The number of benzene rings is 4. The van der Waals surface area contributed by atoms with Crippen LogP contribution in [0.25, 0.3) is 43.9 Å². The normalized spacial score (nSPS) is 12.2. The van der Waals surface area contributed by atoms with Gasteiger partial charge < -0.3 is 9.88 Å². The summed E-state index contributed by atoms with van der Waals surface area (Å²) in [6, 6.07) is 28.2. The maximum Gasteiger partial charge on any atom is 0.251 e. The van der Waals surface area contributed by atoms with Crippen LogP contribution in [0.4, 0.5) is 0 Å². The smallest absolute Gasteiger partial charge is 0.251 e. The molecule has 0 saturated heterocycles. The second-order valence-electron chi connectivity index (χ2n) is 8.92. The highest BCUT2D eigenvalue weighted by molar-refractivity contribution is 7.13. The van der Waals surface area contributed by atoms with E-state index < -0.39 is 0 Å². The molecule has 5 nitrogen and oxygen atoms in total. The van der Waals surface area contributed by atoms with Crippen LogP contribution in [0.2, 0.25) is 5.02 Å². The molecule has 6 rings (SSSR count). The van der Waals surface area contributed by atoms with Crippen molar-refractivity contribution in [2.24, 2.45) is 0 Å². The van der Waals surface area contributed by atoms with Gasteiger partial charge in [0.25, 0.3) is 5.91 Å². The summed E-state index contributed by atoms with van der Waals surface area (Å²) >= 11 is 7.64. The lowest BCUT2D eigenvalue weighted by Crippen LogP contribution is -2.17. The van der Waals surface area contributed by atoms with Gasteiger partial charge in [-0.1, -0.05) is 60.1 Å². The summed E-state index contributed by atoms with van der Waals surface area (Å²) in [5.74, 6) is 0.634. The Labute approximate surface area is 223 Å². The molecule has 2 heterocycles. The molecule has 0 fully saturated rings. The van der Waals surface area contributed by atoms with Crippen molar-refractivity contribution in [2.75, 3.05) is 7.05 Å². The second-order valence-corrected chi connectivity index (χ2v) is 10.2. The molecule has 182 valence electrons. The van der Waals surface area contributed by atoms with Gasteiger partial charge >= 0.3 is 0 Å². The zero-order chi connectivity index (χ0) is 25.5. The lowest BCUT2D eigenvalue weighted by Gasteiger charge is -2.18. The second kappa shape index (κ2) is 9.47. The highest BCUT2D eigenvalue weighted by atomic mass is 35.5. The highest BCUT2D eigenvalue weighted by Gasteiger charge is 2.22. The molecule has 0 aliphatic carbocycles. The molecule has 1 atom stereocenters. The van der Waals surface area contributed by atoms with Crippen molar-refractivity contribution < 1.29 is 4.79 Å². The van der Waals surface area contributed by atoms with Gasteiger partial charge in [0.1, 0.15) is 0 Å². The van der Waals surface area contributed by atoms with Crippen LogP contribution in [0.15, 0.2) is 90.3 Å². The fourth-order valence-electron chi connectivity index (χ4n) is 4.67. The van der Waals surface area contributed by atoms with Crippen LogP contribution in [0.1, 0.15) is 28.9 Å². The van der Waals surface area contributed by atoms with Crippen LogP contribution >= 0.6 is 22.9 Å². The number of carbonyl (C=O) groups is 1. The number of hydrogen-bond acceptors (Lipinski definition) is 4. The Kier molecular flexibility index (Phi) is 5.99. The fraction of sp³-hybridized carbons (Fsp3) is 0.100. The number of hydrogen-bond donors (Lipinski definition) is 1. The van der Waals surface area contributed by atoms with Crippen LogP contribution < -0.4 is 5.32 Å². The van der Waals surface area contributed by atoms with Crippen LogP contribution in [0.3, 0.4) is 0 Å². The van der Waals surface area contributed by atoms with Crippen LogP contribution in [-0.4, -0.2) is 27.5 Å². The predicted molar refractivity (Wildman–Crippen MR) is 152 cm³/mol. The average Bonchev–Trinajstić information content (AvgIpc) is 3.57. The average molecular weight is 523 g/mol. The molecule has 1 amide bonds. The number of thiazole rings is 1. The number of imidazole rings is 1. The summed E-state index contributed by atoms with van der Waals surface area (Å²) in [5, 5.41) is 8.64. The standard InChI is InChI=1S/C30H23ClN4OS/c1-18(21-8-7-19-5-3-4-6-22(19)15-21)35-27-14-11-23(29(36)32-2)16-25(27)33-28(35)30-34-26(17-37-30)20-9-12-24(31)13-10-20/h3-18H,1-2H3,(H,32,36)/t18-/m1/s1. The van der Waals surface area contributed by atoms with E-state index in [9.17, 15) is 4.79 Å². The van der Waals surface area contributed by atoms with Gasteiger partial charge in [0, 0.05) is 28.6 Å². The Morgan fingerprint density at radius 3 is 2.51 bits per heavy atom. The van der Waals surface area contributed by atoms with E-state index in [-0.39, 0.29) is 11.9 Å². The summed E-state index contributed by atoms with van der Waals surface area (Å²) < 4.78 is 2.22. The van der Waals surface area contributed by atoms with E-state index in [0.717, 1.165) is 33.1 Å². The molecule has 0 saturated carbocycles. The lowest BCUT2D eigenvalue weighted by atomic mass is 10.0. The zero-order valence-corrected chi connectivity index (χ0v) is 21.8. The zero-order valence-electron chi connectivity index (χ0n) is 20.3. The molecule has 4 aromatic carbocycles. The number of nitrogens with one attached hydrogen (secondary N) is 1. The van der Waals surface area contributed by atoms with Gasteiger partial charge in [0.15, 0.2) is 10.8 Å². The molecule has 0 radical (unpaired) electrons.